The highest BCUT2D eigenvalue weighted by Crippen LogP contribution is 2.14. The van der Waals surface area contributed by atoms with Crippen molar-refractivity contribution in [3.05, 3.63) is 29.6 Å². The van der Waals surface area contributed by atoms with Crippen LogP contribution in [0.25, 0.3) is 0 Å². The van der Waals surface area contributed by atoms with E-state index in [4.69, 9.17) is 0 Å². The highest BCUT2D eigenvalue weighted by Gasteiger charge is 2.12. The van der Waals surface area contributed by atoms with Crippen molar-refractivity contribution in [1.29, 1.82) is 0 Å². The number of rotatable bonds is 6. The fourth-order valence-electron chi connectivity index (χ4n) is 1.64. The number of benzene rings is 1. The Morgan fingerprint density at radius 1 is 1.32 bits per heavy atom. The molecule has 3 nitrogen and oxygen atoms in total. The molecule has 1 aromatic carbocycles. The van der Waals surface area contributed by atoms with Crippen molar-refractivity contribution in [3.8, 4) is 0 Å². The molecule has 0 saturated heterocycles. The van der Waals surface area contributed by atoms with Crippen molar-refractivity contribution in [2.24, 2.45) is 5.92 Å². The molecule has 2 N–H and O–H groups in total. The molecule has 1 unspecified atom stereocenters. The lowest BCUT2D eigenvalue weighted by Gasteiger charge is -2.16. The van der Waals surface area contributed by atoms with Crippen LogP contribution in [-0.2, 0) is 4.79 Å². The van der Waals surface area contributed by atoms with Crippen LogP contribution in [0.5, 0.6) is 0 Å². The van der Waals surface area contributed by atoms with Crippen molar-refractivity contribution in [3.63, 3.8) is 0 Å². The molecule has 1 aromatic rings. The van der Waals surface area contributed by atoms with Crippen molar-refractivity contribution < 1.29 is 9.18 Å². The summed E-state index contributed by atoms with van der Waals surface area (Å²) < 4.78 is 13.4. The van der Waals surface area contributed by atoms with E-state index in [1.807, 2.05) is 0 Å². The summed E-state index contributed by atoms with van der Waals surface area (Å²) in [5, 5.41) is 5.86. The zero-order valence-corrected chi connectivity index (χ0v) is 12.1. The van der Waals surface area contributed by atoms with Gasteiger partial charge < -0.3 is 10.6 Å². The second-order valence-corrected chi connectivity index (χ2v) is 5.30. The van der Waals surface area contributed by atoms with Crippen LogP contribution in [0.4, 0.5) is 10.1 Å². The number of hydrogen-bond acceptors (Lipinski definition) is 2. The first-order chi connectivity index (χ1) is 8.90. The largest absolute Gasteiger partial charge is 0.374 e. The molecule has 1 atom stereocenters. The van der Waals surface area contributed by atoms with Crippen LogP contribution in [-0.4, -0.2) is 18.5 Å². The van der Waals surface area contributed by atoms with Gasteiger partial charge in [0.05, 0.1) is 0 Å². The molecule has 0 heterocycles. The maximum absolute atomic E-state index is 13.4. The molecule has 0 aromatic heterocycles. The van der Waals surface area contributed by atoms with E-state index in [2.05, 4.69) is 24.5 Å². The lowest BCUT2D eigenvalue weighted by molar-refractivity contribution is -0.121. The number of carbonyl (C=O) groups is 1. The molecule has 0 aliphatic carbocycles. The summed E-state index contributed by atoms with van der Waals surface area (Å²) in [7, 11) is 0. The molecule has 1 amide bonds. The third-order valence-corrected chi connectivity index (χ3v) is 2.97. The van der Waals surface area contributed by atoms with Gasteiger partial charge >= 0.3 is 0 Å². The van der Waals surface area contributed by atoms with Gasteiger partial charge in [-0.15, -0.1) is 0 Å². The maximum Gasteiger partial charge on any atom is 0.242 e. The van der Waals surface area contributed by atoms with E-state index in [9.17, 15) is 9.18 Å². The molecule has 106 valence electrons. The fraction of sp³-hybridized carbons (Fsp3) is 0.533. The van der Waals surface area contributed by atoms with Crippen LogP contribution >= 0.6 is 0 Å². The van der Waals surface area contributed by atoms with Gasteiger partial charge in [-0.3, -0.25) is 4.79 Å². The fourth-order valence-corrected chi connectivity index (χ4v) is 1.64. The van der Waals surface area contributed by atoms with Gasteiger partial charge in [-0.1, -0.05) is 19.9 Å². The topological polar surface area (TPSA) is 41.1 Å². The molecule has 0 radical (unpaired) electrons. The average Bonchev–Trinajstić information content (AvgIpc) is 2.33. The molecule has 0 bridgehead atoms. The van der Waals surface area contributed by atoms with E-state index in [-0.39, 0.29) is 17.8 Å². The Morgan fingerprint density at radius 3 is 2.58 bits per heavy atom. The van der Waals surface area contributed by atoms with Crippen molar-refractivity contribution in [2.45, 2.75) is 40.2 Å². The highest BCUT2D eigenvalue weighted by atomic mass is 19.1. The van der Waals surface area contributed by atoms with E-state index in [0.29, 0.717) is 23.7 Å². The quantitative estimate of drug-likeness (QED) is 0.830. The Bertz CT molecular complexity index is 432. The number of hydrogen-bond donors (Lipinski definition) is 2. The van der Waals surface area contributed by atoms with Crippen LogP contribution in [0.2, 0.25) is 0 Å². The summed E-state index contributed by atoms with van der Waals surface area (Å²) >= 11 is 0. The van der Waals surface area contributed by atoms with Gasteiger partial charge in [-0.05, 0) is 43.9 Å². The van der Waals surface area contributed by atoms with Gasteiger partial charge in [-0.25, -0.2) is 4.39 Å². The number of aryl methyl sites for hydroxylation is 1. The van der Waals surface area contributed by atoms with Crippen molar-refractivity contribution >= 4 is 11.6 Å². The van der Waals surface area contributed by atoms with Gasteiger partial charge in [-0.2, -0.15) is 0 Å². The number of anilines is 1. The molecular weight excluding hydrogens is 243 g/mol. The summed E-state index contributed by atoms with van der Waals surface area (Å²) in [4.78, 5) is 11.8. The minimum absolute atomic E-state index is 0.0679. The Balaban J connectivity index is 2.47. The minimum atomic E-state index is -0.380. The monoisotopic (exact) mass is 266 g/mol. The van der Waals surface area contributed by atoms with Gasteiger partial charge in [0.2, 0.25) is 5.91 Å². The lowest BCUT2D eigenvalue weighted by Crippen LogP contribution is -2.38. The third kappa shape index (κ3) is 5.28. The summed E-state index contributed by atoms with van der Waals surface area (Å²) in [5.41, 5.74) is 1.22. The van der Waals surface area contributed by atoms with Crippen LogP contribution in [0, 0.1) is 18.7 Å². The molecule has 4 heteroatoms. The Labute approximate surface area is 114 Å². The minimum Gasteiger partial charge on any atom is -0.374 e. The van der Waals surface area contributed by atoms with Crippen LogP contribution in [0.1, 0.15) is 32.8 Å². The average molecular weight is 266 g/mol. The van der Waals surface area contributed by atoms with E-state index in [0.717, 1.165) is 6.42 Å². The highest BCUT2D eigenvalue weighted by molar-refractivity contribution is 5.84. The first kappa shape index (κ1) is 15.5. The lowest BCUT2D eigenvalue weighted by atomic mass is 10.1. The van der Waals surface area contributed by atoms with E-state index in [1.54, 1.807) is 26.0 Å². The maximum atomic E-state index is 13.4. The number of nitrogens with one attached hydrogen (secondary N) is 2. The Kier molecular flexibility index (Phi) is 5.80. The van der Waals surface area contributed by atoms with Gasteiger partial charge in [0.1, 0.15) is 11.9 Å². The van der Waals surface area contributed by atoms with E-state index < -0.39 is 0 Å². The van der Waals surface area contributed by atoms with Crippen molar-refractivity contribution in [1.82, 2.24) is 5.32 Å². The predicted octanol–water partition coefficient (Wildman–Crippen LogP) is 3.10. The second kappa shape index (κ2) is 7.12. The predicted molar refractivity (Wildman–Crippen MR) is 76.7 cm³/mol. The van der Waals surface area contributed by atoms with Gasteiger partial charge in [0, 0.05) is 12.2 Å². The Hall–Kier alpha value is -1.58. The standard InChI is InChI=1S/C15H23FN2O/c1-10(2)7-8-17-15(19)12(4)18-13-6-5-11(3)14(16)9-13/h5-6,9-10,12,18H,7-8H2,1-4H3,(H,17,19). The van der Waals surface area contributed by atoms with Gasteiger partial charge in [0.15, 0.2) is 0 Å². The zero-order valence-electron chi connectivity index (χ0n) is 12.1. The zero-order chi connectivity index (χ0) is 14.4. The molecule has 0 saturated carbocycles. The number of amides is 1. The molecule has 0 aliphatic rings. The molecule has 0 spiro atoms. The first-order valence-corrected chi connectivity index (χ1v) is 6.70. The molecule has 0 fully saturated rings. The van der Waals surface area contributed by atoms with Crippen LogP contribution < -0.4 is 10.6 Å². The second-order valence-electron chi connectivity index (χ2n) is 5.30. The van der Waals surface area contributed by atoms with Crippen LogP contribution in [0.15, 0.2) is 18.2 Å². The number of halogens is 1. The summed E-state index contributed by atoms with van der Waals surface area (Å²) in [6, 6.07) is 4.50. The molecule has 19 heavy (non-hydrogen) atoms. The summed E-state index contributed by atoms with van der Waals surface area (Å²) in [6.07, 6.45) is 0.956. The molecule has 1 rings (SSSR count). The van der Waals surface area contributed by atoms with E-state index >= 15 is 0 Å². The summed E-state index contributed by atoms with van der Waals surface area (Å²) in [5.74, 6) is 0.230. The molecule has 0 aliphatic heterocycles. The van der Waals surface area contributed by atoms with Crippen molar-refractivity contribution in [2.75, 3.05) is 11.9 Å². The van der Waals surface area contributed by atoms with E-state index in [1.165, 1.54) is 6.07 Å². The summed E-state index contributed by atoms with van der Waals surface area (Å²) in [6.45, 7) is 8.38. The number of carbonyl (C=O) groups excluding carboxylic acids is 1. The third-order valence-electron chi connectivity index (χ3n) is 2.97. The normalized spacial score (nSPS) is 12.3. The SMILES string of the molecule is Cc1ccc(NC(C)C(=O)NCCC(C)C)cc1F. The smallest absolute Gasteiger partial charge is 0.242 e. The van der Waals surface area contributed by atoms with Gasteiger partial charge in [0.25, 0.3) is 0 Å². The molecular formula is C15H23FN2O. The first-order valence-electron chi connectivity index (χ1n) is 6.70. The van der Waals surface area contributed by atoms with Crippen LogP contribution in [0.3, 0.4) is 0 Å². The Morgan fingerprint density at radius 2 is 2.00 bits per heavy atom.